The molecule has 0 radical (unpaired) electrons. The molecule has 6 rings (SSSR count). The number of para-hydroxylation sites is 1. The van der Waals surface area contributed by atoms with Gasteiger partial charge in [0.15, 0.2) is 0 Å². The number of nitrogens with one attached hydrogen (secondary N) is 1. The zero-order chi connectivity index (χ0) is 41.0. The summed E-state index contributed by atoms with van der Waals surface area (Å²) in [7, 11) is 5.16. The molecule has 2 heterocycles. The van der Waals surface area contributed by atoms with Crippen LogP contribution < -0.4 is 25.4 Å². The quantitative estimate of drug-likeness (QED) is 0.159. The van der Waals surface area contributed by atoms with Crippen LogP contribution in [0.2, 0.25) is 0 Å². The topological polar surface area (TPSA) is 162 Å². The second kappa shape index (κ2) is 16.9. The molecule has 1 saturated heterocycles. The minimum absolute atomic E-state index is 0.0158. The fourth-order valence-electron chi connectivity index (χ4n) is 6.53. The minimum Gasteiger partial charge on any atom is -0.495 e. The third kappa shape index (κ3) is 9.08. The summed E-state index contributed by atoms with van der Waals surface area (Å²) in [6, 6.07) is 22.7. The fraction of sp³-hybridized carbons (Fsp3) is 0.326. The molecule has 5 aromatic rings. The molecule has 14 heteroatoms. The van der Waals surface area contributed by atoms with Crippen molar-refractivity contribution in [1.82, 2.24) is 19.4 Å². The Bertz CT molecular complexity index is 2310. The molecule has 0 saturated carbocycles. The van der Waals surface area contributed by atoms with Crippen LogP contribution in [0.15, 0.2) is 78.9 Å². The first-order valence-electron chi connectivity index (χ1n) is 18.7. The number of ether oxygens (including phenoxy) is 3. The van der Waals surface area contributed by atoms with Gasteiger partial charge < -0.3 is 44.5 Å². The molecule has 1 aromatic heterocycles. The van der Waals surface area contributed by atoms with Gasteiger partial charge in [-0.1, -0.05) is 24.3 Å². The number of amides is 3. The molecule has 14 nitrogen and oxygen atoms in total. The van der Waals surface area contributed by atoms with Crippen LogP contribution in [0.1, 0.15) is 73.6 Å². The molecule has 0 bridgehead atoms. The van der Waals surface area contributed by atoms with Crippen molar-refractivity contribution in [3.63, 3.8) is 0 Å². The number of benzene rings is 4. The molecule has 57 heavy (non-hydrogen) atoms. The van der Waals surface area contributed by atoms with Crippen molar-refractivity contribution >= 4 is 46.1 Å². The number of methoxy groups -OCH3 is 1. The molecule has 298 valence electrons. The summed E-state index contributed by atoms with van der Waals surface area (Å²) in [6.07, 6.45) is 0. The molecule has 3 amide bonds. The van der Waals surface area contributed by atoms with E-state index in [1.54, 1.807) is 64.2 Å². The molecule has 0 spiro atoms. The average molecular weight is 776 g/mol. The molecular formula is C43H49N7O7. The second-order valence-electron chi connectivity index (χ2n) is 15.0. The van der Waals surface area contributed by atoms with Crippen molar-refractivity contribution in [1.29, 1.82) is 0 Å². The molecular weight excluding hydrogens is 727 g/mol. The Morgan fingerprint density at radius 1 is 0.895 bits per heavy atom. The number of imidazole rings is 1. The van der Waals surface area contributed by atoms with Crippen LogP contribution in [0, 0.1) is 6.92 Å². The third-order valence-electron chi connectivity index (χ3n) is 9.65. The molecule has 0 aliphatic carbocycles. The summed E-state index contributed by atoms with van der Waals surface area (Å²) in [6.45, 7) is 10.5. The lowest BCUT2D eigenvalue weighted by Crippen LogP contribution is -2.47. The Balaban J connectivity index is 1.16. The highest BCUT2D eigenvalue weighted by Crippen LogP contribution is 2.33. The van der Waals surface area contributed by atoms with Crippen LogP contribution in [-0.2, 0) is 18.0 Å². The van der Waals surface area contributed by atoms with Gasteiger partial charge in [-0.15, -0.1) is 0 Å². The molecule has 4 aromatic carbocycles. The number of nitrogens with zero attached hydrogens (tertiary/aromatic N) is 5. The van der Waals surface area contributed by atoms with Crippen LogP contribution in [-0.4, -0.2) is 96.0 Å². The summed E-state index contributed by atoms with van der Waals surface area (Å²) in [5, 5.41) is 2.86. The summed E-state index contributed by atoms with van der Waals surface area (Å²) in [4.78, 5) is 63.6. The predicted octanol–water partition coefficient (Wildman–Crippen LogP) is 5.72. The Morgan fingerprint density at radius 3 is 2.26 bits per heavy atom. The predicted molar refractivity (Wildman–Crippen MR) is 218 cm³/mol. The van der Waals surface area contributed by atoms with Crippen LogP contribution in [0.5, 0.6) is 11.5 Å². The van der Waals surface area contributed by atoms with Crippen molar-refractivity contribution in [3.8, 4) is 11.5 Å². The van der Waals surface area contributed by atoms with E-state index in [0.29, 0.717) is 46.9 Å². The minimum atomic E-state index is -0.757. The molecule has 0 atom stereocenters. The number of nitrogens with two attached hydrogens (primary N) is 1. The number of aromatic nitrogens is 2. The number of carbonyl (C=O) groups is 4. The van der Waals surface area contributed by atoms with Crippen LogP contribution in [0.25, 0.3) is 11.0 Å². The Morgan fingerprint density at radius 2 is 1.60 bits per heavy atom. The summed E-state index contributed by atoms with van der Waals surface area (Å²) in [5.74, 6) is -0.728. The first-order chi connectivity index (χ1) is 27.2. The van der Waals surface area contributed by atoms with Crippen molar-refractivity contribution in [2.24, 2.45) is 5.73 Å². The highest BCUT2D eigenvalue weighted by atomic mass is 16.6. The third-order valence-corrected chi connectivity index (χ3v) is 9.65. The molecule has 0 unspecified atom stereocenters. The lowest BCUT2D eigenvalue weighted by molar-refractivity contribution is 0.00507. The summed E-state index contributed by atoms with van der Waals surface area (Å²) < 4.78 is 18.9. The summed E-state index contributed by atoms with van der Waals surface area (Å²) in [5.41, 5.74) is 9.85. The van der Waals surface area contributed by atoms with E-state index in [-0.39, 0.29) is 47.7 Å². The van der Waals surface area contributed by atoms with Gasteiger partial charge in [0.2, 0.25) is 5.82 Å². The number of esters is 1. The van der Waals surface area contributed by atoms with Gasteiger partial charge in [0, 0.05) is 44.4 Å². The van der Waals surface area contributed by atoms with Crippen molar-refractivity contribution in [2.75, 3.05) is 57.6 Å². The standard InChI is InChI=1S/C43H49N7O7/c1-27-11-18-33(36(23-27)56-25-28-12-14-29(15-13-28)41(53)49-21-19-47(5)20-22-49)48(6)40(52)30-16-17-32(35(24-30)55-7)45-39(51)31-9-8-10-34-37(31)46-38(50(34)26-44)42(54)57-43(2,3)4/h8-18,23-24H,19-22,25-26,44H2,1-7H3,(H,45,51). The SMILES string of the molecule is COc1cc(C(=O)N(C)c2ccc(C)cc2OCc2ccc(C(=O)N3CCN(C)CC3)cc2)ccc1NC(=O)c1cccc2c1nc(C(=O)OC(C)(C)C)n2CN. The van der Waals surface area contributed by atoms with Crippen LogP contribution in [0.3, 0.4) is 0 Å². The maximum atomic E-state index is 13.9. The monoisotopic (exact) mass is 775 g/mol. The van der Waals surface area contributed by atoms with Crippen LogP contribution in [0.4, 0.5) is 11.4 Å². The highest BCUT2D eigenvalue weighted by Gasteiger charge is 2.27. The van der Waals surface area contributed by atoms with Gasteiger partial charge in [-0.25, -0.2) is 9.78 Å². The molecule has 1 aliphatic heterocycles. The molecule has 1 fully saturated rings. The zero-order valence-electron chi connectivity index (χ0n) is 33.4. The first kappa shape index (κ1) is 40.4. The van der Waals surface area contributed by atoms with Gasteiger partial charge in [-0.3, -0.25) is 14.4 Å². The second-order valence-corrected chi connectivity index (χ2v) is 15.0. The van der Waals surface area contributed by atoms with Gasteiger partial charge in [0.05, 0.1) is 36.2 Å². The maximum Gasteiger partial charge on any atom is 0.375 e. The van der Waals surface area contributed by atoms with Gasteiger partial charge >= 0.3 is 5.97 Å². The number of piperazine rings is 1. The van der Waals surface area contributed by atoms with Gasteiger partial charge in [0.25, 0.3) is 17.7 Å². The van der Waals surface area contributed by atoms with E-state index in [9.17, 15) is 19.2 Å². The van der Waals surface area contributed by atoms with Crippen molar-refractivity contribution < 1.29 is 33.4 Å². The fourth-order valence-corrected chi connectivity index (χ4v) is 6.53. The smallest absolute Gasteiger partial charge is 0.375 e. The average Bonchev–Trinajstić information content (AvgIpc) is 3.58. The molecule has 1 aliphatic rings. The van der Waals surface area contributed by atoms with E-state index < -0.39 is 17.5 Å². The number of fused-ring (bicyclic) bond motifs is 1. The Labute approximate surface area is 332 Å². The molecule has 3 N–H and O–H groups in total. The van der Waals surface area contributed by atoms with Crippen LogP contribution >= 0.6 is 0 Å². The van der Waals surface area contributed by atoms with E-state index in [1.165, 1.54) is 16.6 Å². The Kier molecular flexibility index (Phi) is 12.0. The largest absolute Gasteiger partial charge is 0.495 e. The zero-order valence-corrected chi connectivity index (χ0v) is 33.4. The number of hydrogen-bond acceptors (Lipinski definition) is 10. The van der Waals surface area contributed by atoms with E-state index in [0.717, 1.165) is 24.2 Å². The van der Waals surface area contributed by atoms with E-state index in [2.05, 4.69) is 22.2 Å². The number of likely N-dealkylation sites (N-methyl/N-ethyl adjacent to an activating group) is 1. The normalized spacial score (nSPS) is 13.3. The van der Waals surface area contributed by atoms with Gasteiger partial charge in [0.1, 0.15) is 29.2 Å². The maximum absolute atomic E-state index is 13.9. The van der Waals surface area contributed by atoms with Crippen molar-refractivity contribution in [2.45, 2.75) is 46.6 Å². The van der Waals surface area contributed by atoms with E-state index in [4.69, 9.17) is 19.9 Å². The number of hydrogen-bond donors (Lipinski definition) is 2. The Hall–Kier alpha value is -6.25. The summed E-state index contributed by atoms with van der Waals surface area (Å²) >= 11 is 0. The van der Waals surface area contributed by atoms with Gasteiger partial charge in [-0.2, -0.15) is 0 Å². The number of carbonyl (C=O) groups excluding carboxylic acids is 4. The number of aryl methyl sites for hydroxylation is 1. The van der Waals surface area contributed by atoms with Gasteiger partial charge in [-0.05, 0) is 100 Å². The first-order valence-corrected chi connectivity index (χ1v) is 18.7. The van der Waals surface area contributed by atoms with E-state index >= 15 is 0 Å². The highest BCUT2D eigenvalue weighted by molar-refractivity contribution is 6.13. The lowest BCUT2D eigenvalue weighted by atomic mass is 10.1. The number of anilines is 2. The number of rotatable bonds is 11. The van der Waals surface area contributed by atoms with Crippen molar-refractivity contribution in [3.05, 3.63) is 113 Å². The van der Waals surface area contributed by atoms with E-state index in [1.807, 2.05) is 54.3 Å². The lowest BCUT2D eigenvalue weighted by Gasteiger charge is -2.32.